The van der Waals surface area contributed by atoms with Gasteiger partial charge in [0.15, 0.2) is 6.61 Å². The first-order chi connectivity index (χ1) is 14.8. The fraction of sp³-hybridized carbons (Fsp3) is 0.136. The third-order valence-corrected chi connectivity index (χ3v) is 5.80. The van der Waals surface area contributed by atoms with Crippen molar-refractivity contribution in [2.75, 3.05) is 30.4 Å². The summed E-state index contributed by atoms with van der Waals surface area (Å²) in [6, 6.07) is 17.7. The molecule has 0 radical (unpaired) electrons. The van der Waals surface area contributed by atoms with Gasteiger partial charge in [-0.1, -0.05) is 6.07 Å². The highest BCUT2D eigenvalue weighted by atomic mass is 32.2. The molecule has 0 fully saturated rings. The normalized spacial score (nSPS) is 10.9. The average Bonchev–Trinajstić information content (AvgIpc) is 2.78. The number of likely N-dealkylation sites (N-methyl/N-ethyl adjacent to an activating group) is 1. The van der Waals surface area contributed by atoms with Gasteiger partial charge in [0.05, 0.1) is 12.0 Å². The molecule has 0 spiro atoms. The second-order valence-electron chi connectivity index (χ2n) is 6.53. The number of nitrogens with one attached hydrogen (secondary N) is 1. The van der Waals surface area contributed by atoms with E-state index >= 15 is 0 Å². The van der Waals surface area contributed by atoms with E-state index in [1.54, 1.807) is 38.4 Å². The molecule has 0 bridgehead atoms. The summed E-state index contributed by atoms with van der Waals surface area (Å²) in [6.07, 6.45) is 0. The van der Waals surface area contributed by atoms with Crippen molar-refractivity contribution < 1.29 is 27.1 Å². The van der Waals surface area contributed by atoms with Crippen molar-refractivity contribution >= 4 is 27.3 Å². The molecule has 0 unspecified atom stereocenters. The first kappa shape index (κ1) is 22.1. The quantitative estimate of drug-likeness (QED) is 0.573. The minimum Gasteiger partial charge on any atom is -0.497 e. The van der Waals surface area contributed by atoms with Gasteiger partial charge in [-0.3, -0.25) is 9.52 Å². The van der Waals surface area contributed by atoms with Crippen LogP contribution in [0.3, 0.4) is 0 Å². The van der Waals surface area contributed by atoms with E-state index in [2.05, 4.69) is 4.72 Å². The molecule has 0 aromatic heterocycles. The molecule has 9 heteroatoms. The first-order valence-electron chi connectivity index (χ1n) is 9.20. The number of carbonyl (C=O) groups is 1. The Hall–Kier alpha value is -3.59. The number of nitrogens with zero attached hydrogens (tertiary/aromatic N) is 1. The fourth-order valence-electron chi connectivity index (χ4n) is 2.65. The molecular formula is C22H21FN2O5S. The zero-order valence-electron chi connectivity index (χ0n) is 16.9. The van der Waals surface area contributed by atoms with E-state index in [4.69, 9.17) is 9.47 Å². The average molecular weight is 444 g/mol. The Kier molecular flexibility index (Phi) is 6.76. The second kappa shape index (κ2) is 9.48. The third-order valence-electron chi connectivity index (χ3n) is 4.41. The largest absolute Gasteiger partial charge is 0.497 e. The van der Waals surface area contributed by atoms with Crippen LogP contribution in [0.25, 0.3) is 0 Å². The molecule has 162 valence electrons. The van der Waals surface area contributed by atoms with Crippen LogP contribution in [0.2, 0.25) is 0 Å². The van der Waals surface area contributed by atoms with E-state index in [1.165, 1.54) is 41.3 Å². The van der Waals surface area contributed by atoms with Crippen molar-refractivity contribution in [3.8, 4) is 11.5 Å². The molecule has 7 nitrogen and oxygen atoms in total. The number of sulfonamides is 1. The summed E-state index contributed by atoms with van der Waals surface area (Å²) in [5.41, 5.74) is 0.897. The number of halogens is 1. The third kappa shape index (κ3) is 5.73. The van der Waals surface area contributed by atoms with E-state index < -0.39 is 15.8 Å². The Morgan fingerprint density at radius 3 is 2.32 bits per heavy atom. The van der Waals surface area contributed by atoms with Crippen LogP contribution >= 0.6 is 0 Å². The Balaban J connectivity index is 1.60. The maximum atomic E-state index is 13.0. The van der Waals surface area contributed by atoms with Gasteiger partial charge in [0.2, 0.25) is 0 Å². The number of methoxy groups -OCH3 is 1. The van der Waals surface area contributed by atoms with Gasteiger partial charge in [-0.2, -0.15) is 0 Å². The Bertz CT molecular complexity index is 1150. The smallest absolute Gasteiger partial charge is 0.264 e. The molecular weight excluding hydrogens is 423 g/mol. The molecule has 31 heavy (non-hydrogen) atoms. The predicted octanol–water partition coefficient (Wildman–Crippen LogP) is 3.68. The number of anilines is 2. The molecule has 0 saturated heterocycles. The van der Waals surface area contributed by atoms with Crippen molar-refractivity contribution in [3.63, 3.8) is 0 Å². The highest BCUT2D eigenvalue weighted by Crippen LogP contribution is 2.22. The van der Waals surface area contributed by atoms with Crippen LogP contribution in [-0.2, 0) is 14.8 Å². The van der Waals surface area contributed by atoms with Gasteiger partial charge in [-0.05, 0) is 60.7 Å². The highest BCUT2D eigenvalue weighted by molar-refractivity contribution is 7.92. The number of amides is 1. The molecule has 1 amide bonds. The maximum absolute atomic E-state index is 13.0. The van der Waals surface area contributed by atoms with Gasteiger partial charge in [-0.25, -0.2) is 12.8 Å². The summed E-state index contributed by atoms with van der Waals surface area (Å²) < 4.78 is 50.9. The van der Waals surface area contributed by atoms with E-state index in [0.29, 0.717) is 17.2 Å². The fourth-order valence-corrected chi connectivity index (χ4v) is 3.71. The van der Waals surface area contributed by atoms with Gasteiger partial charge >= 0.3 is 0 Å². The minimum absolute atomic E-state index is 0.00370. The molecule has 0 heterocycles. The van der Waals surface area contributed by atoms with Crippen LogP contribution in [0, 0.1) is 5.82 Å². The summed E-state index contributed by atoms with van der Waals surface area (Å²) in [5.74, 6) is 0.219. The summed E-state index contributed by atoms with van der Waals surface area (Å²) >= 11 is 0. The molecule has 0 aliphatic heterocycles. The number of benzene rings is 3. The van der Waals surface area contributed by atoms with Crippen LogP contribution in [0.15, 0.2) is 77.7 Å². The van der Waals surface area contributed by atoms with Crippen LogP contribution in [0.4, 0.5) is 15.8 Å². The van der Waals surface area contributed by atoms with E-state index in [1.807, 2.05) is 0 Å². The molecule has 0 aliphatic carbocycles. The van der Waals surface area contributed by atoms with E-state index in [9.17, 15) is 17.6 Å². The molecule has 3 rings (SSSR count). The van der Waals surface area contributed by atoms with Crippen molar-refractivity contribution in [3.05, 3.63) is 78.6 Å². The number of hydrogen-bond donors (Lipinski definition) is 1. The lowest BCUT2D eigenvalue weighted by molar-refractivity contribution is -0.120. The summed E-state index contributed by atoms with van der Waals surface area (Å²) in [4.78, 5) is 13.8. The summed E-state index contributed by atoms with van der Waals surface area (Å²) in [7, 11) is -0.678. The van der Waals surface area contributed by atoms with Crippen molar-refractivity contribution in [2.24, 2.45) is 0 Å². The lowest BCUT2D eigenvalue weighted by Gasteiger charge is -2.18. The number of ether oxygens (including phenoxy) is 2. The molecule has 3 aromatic carbocycles. The second-order valence-corrected chi connectivity index (χ2v) is 8.21. The summed E-state index contributed by atoms with van der Waals surface area (Å²) in [5, 5.41) is 0. The lowest BCUT2D eigenvalue weighted by atomic mass is 10.3. The molecule has 0 saturated carbocycles. The topological polar surface area (TPSA) is 84.9 Å². The Morgan fingerprint density at radius 1 is 1.00 bits per heavy atom. The zero-order valence-corrected chi connectivity index (χ0v) is 17.7. The van der Waals surface area contributed by atoms with Gasteiger partial charge < -0.3 is 14.4 Å². The van der Waals surface area contributed by atoms with Crippen LogP contribution < -0.4 is 19.1 Å². The Labute approximate surface area is 180 Å². The van der Waals surface area contributed by atoms with Crippen LogP contribution in [0.1, 0.15) is 0 Å². The highest BCUT2D eigenvalue weighted by Gasteiger charge is 2.16. The van der Waals surface area contributed by atoms with Crippen molar-refractivity contribution in [1.29, 1.82) is 0 Å². The monoisotopic (exact) mass is 444 g/mol. The maximum Gasteiger partial charge on any atom is 0.264 e. The van der Waals surface area contributed by atoms with Crippen LogP contribution in [0.5, 0.6) is 11.5 Å². The van der Waals surface area contributed by atoms with E-state index in [0.717, 1.165) is 12.1 Å². The predicted molar refractivity (Wildman–Crippen MR) is 116 cm³/mol. The SMILES string of the molecule is COc1cccc(N(C)C(=O)COc2ccc(S(=O)(=O)Nc3ccc(F)cc3)cc2)c1. The van der Waals surface area contributed by atoms with E-state index in [-0.39, 0.29) is 23.1 Å². The van der Waals surface area contributed by atoms with Crippen LogP contribution in [-0.4, -0.2) is 35.1 Å². The number of carbonyl (C=O) groups excluding carboxylic acids is 1. The number of rotatable bonds is 8. The standard InChI is InChI=1S/C22H21FN2O5S/c1-25(18-4-3-5-20(14-18)29-2)22(26)15-30-19-10-12-21(13-11-19)31(27,28)24-17-8-6-16(23)7-9-17/h3-14,24H,15H2,1-2H3. The van der Waals surface area contributed by atoms with Gasteiger partial charge in [0.25, 0.3) is 15.9 Å². The molecule has 3 aromatic rings. The van der Waals surface area contributed by atoms with Gasteiger partial charge in [0, 0.05) is 24.5 Å². The zero-order chi connectivity index (χ0) is 22.4. The van der Waals surface area contributed by atoms with Gasteiger partial charge in [-0.15, -0.1) is 0 Å². The lowest BCUT2D eigenvalue weighted by Crippen LogP contribution is -2.31. The summed E-state index contributed by atoms with van der Waals surface area (Å²) in [6.45, 7) is -0.229. The molecule has 1 N–H and O–H groups in total. The van der Waals surface area contributed by atoms with Crippen molar-refractivity contribution in [1.82, 2.24) is 0 Å². The number of hydrogen-bond acceptors (Lipinski definition) is 5. The Morgan fingerprint density at radius 2 is 1.68 bits per heavy atom. The first-order valence-corrected chi connectivity index (χ1v) is 10.7. The molecule has 0 aliphatic rings. The van der Waals surface area contributed by atoms with Crippen molar-refractivity contribution in [2.45, 2.75) is 4.90 Å². The minimum atomic E-state index is -3.85. The van der Waals surface area contributed by atoms with Gasteiger partial charge in [0.1, 0.15) is 17.3 Å². The molecule has 0 atom stereocenters.